The number of anilines is 1. The monoisotopic (exact) mass is 416 g/mol. The van der Waals surface area contributed by atoms with Gasteiger partial charge in [-0.1, -0.05) is 12.1 Å². The third kappa shape index (κ3) is 2.87. The van der Waals surface area contributed by atoms with Gasteiger partial charge in [0.25, 0.3) is 6.01 Å². The van der Waals surface area contributed by atoms with Gasteiger partial charge in [-0.05, 0) is 25.0 Å². The maximum atomic E-state index is 13.0. The summed E-state index contributed by atoms with van der Waals surface area (Å²) in [5.74, 6) is -0.0887. The molecule has 10 nitrogen and oxygen atoms in total. The molecule has 29 heavy (non-hydrogen) atoms. The Kier molecular flexibility index (Phi) is 4.09. The van der Waals surface area contributed by atoms with Gasteiger partial charge >= 0.3 is 0 Å². The molecule has 0 N–H and O–H groups in total. The molecule has 1 amide bonds. The van der Waals surface area contributed by atoms with Crippen molar-refractivity contribution in [3.05, 3.63) is 30.6 Å². The summed E-state index contributed by atoms with van der Waals surface area (Å²) in [5.41, 5.74) is 1.43. The zero-order valence-electron chi connectivity index (χ0n) is 15.8. The summed E-state index contributed by atoms with van der Waals surface area (Å²) in [4.78, 5) is 21.0. The third-order valence-electron chi connectivity index (χ3n) is 5.59. The smallest absolute Gasteiger partial charge is 0.299 e. The fraction of sp³-hybridized carbons (Fsp3) is 0.444. The highest BCUT2D eigenvalue weighted by Gasteiger charge is 2.46. The molecule has 2 saturated heterocycles. The van der Waals surface area contributed by atoms with Crippen LogP contribution in [0.3, 0.4) is 0 Å². The standard InChI is InChI=1S/C18H20N6O4S/c1-22-11-19-21-18(22)29(26,27)12-9-23(10-12)16(25)14-6-4-8-24(14)17-20-13-5-2-3-7-15(13)28-17/h2-3,5,7,11-12,14H,4,6,8-10H2,1H3/t14-/m1/s1. The van der Waals surface area contributed by atoms with Crippen molar-refractivity contribution in [2.75, 3.05) is 24.5 Å². The summed E-state index contributed by atoms with van der Waals surface area (Å²) in [6.45, 7) is 0.996. The van der Waals surface area contributed by atoms with Crippen molar-refractivity contribution in [2.24, 2.45) is 7.05 Å². The van der Waals surface area contributed by atoms with Crippen LogP contribution in [0.25, 0.3) is 11.1 Å². The summed E-state index contributed by atoms with van der Waals surface area (Å²) in [7, 11) is -2.02. The molecule has 1 aromatic carbocycles. The Hall–Kier alpha value is -2.95. The second kappa shape index (κ2) is 6.55. The minimum atomic E-state index is -3.61. The van der Waals surface area contributed by atoms with Crippen LogP contribution in [0.5, 0.6) is 0 Å². The normalized spacial score (nSPS) is 20.4. The SMILES string of the molecule is Cn1cnnc1S(=O)(=O)C1CN(C(=O)[C@H]2CCCN2c2nc3ccccc3o2)C1. The first kappa shape index (κ1) is 18.1. The molecule has 0 spiro atoms. The van der Waals surface area contributed by atoms with E-state index in [0.29, 0.717) is 24.6 Å². The number of oxazole rings is 1. The molecule has 2 aromatic heterocycles. The van der Waals surface area contributed by atoms with Gasteiger partial charge in [0.15, 0.2) is 5.58 Å². The number of carbonyl (C=O) groups excluding carboxylic acids is 1. The van der Waals surface area contributed by atoms with Crippen molar-refractivity contribution in [3.63, 3.8) is 0 Å². The minimum absolute atomic E-state index is 0.0661. The first-order chi connectivity index (χ1) is 13.9. The maximum Gasteiger partial charge on any atom is 0.299 e. The van der Waals surface area contributed by atoms with E-state index >= 15 is 0 Å². The van der Waals surface area contributed by atoms with Crippen molar-refractivity contribution >= 4 is 32.9 Å². The molecule has 1 atom stereocenters. The molecule has 2 fully saturated rings. The van der Waals surface area contributed by atoms with E-state index in [1.165, 1.54) is 10.9 Å². The van der Waals surface area contributed by atoms with Gasteiger partial charge in [-0.15, -0.1) is 10.2 Å². The number of fused-ring (bicyclic) bond motifs is 1. The van der Waals surface area contributed by atoms with Crippen LogP contribution in [0.15, 0.2) is 40.2 Å². The number of benzene rings is 1. The van der Waals surface area contributed by atoms with Gasteiger partial charge in [-0.2, -0.15) is 4.98 Å². The summed E-state index contributed by atoms with van der Waals surface area (Å²) < 4.78 is 32.6. The van der Waals surface area contributed by atoms with Gasteiger partial charge in [0.05, 0.1) is 0 Å². The van der Waals surface area contributed by atoms with Crippen LogP contribution in [0.4, 0.5) is 6.01 Å². The predicted molar refractivity (Wildman–Crippen MR) is 103 cm³/mol. The molecule has 11 heteroatoms. The lowest BCUT2D eigenvalue weighted by molar-refractivity contribution is -0.135. The molecule has 0 unspecified atom stereocenters. The summed E-state index contributed by atoms with van der Waals surface area (Å²) >= 11 is 0. The molecule has 0 bridgehead atoms. The predicted octanol–water partition coefficient (Wildman–Crippen LogP) is 0.610. The Labute approximate surface area is 167 Å². The molecule has 3 aromatic rings. The molecule has 2 aliphatic heterocycles. The average Bonchev–Trinajstić information content (AvgIpc) is 3.38. The van der Waals surface area contributed by atoms with Gasteiger partial charge in [-0.25, -0.2) is 8.42 Å². The molecular weight excluding hydrogens is 396 g/mol. The fourth-order valence-corrected chi connectivity index (χ4v) is 5.60. The van der Waals surface area contributed by atoms with E-state index in [2.05, 4.69) is 15.2 Å². The Balaban J connectivity index is 1.30. The van der Waals surface area contributed by atoms with Crippen molar-refractivity contribution in [1.29, 1.82) is 0 Å². The van der Waals surface area contributed by atoms with E-state index in [-0.39, 0.29) is 30.2 Å². The first-order valence-corrected chi connectivity index (χ1v) is 11.0. The molecular formula is C18H20N6O4S. The number of aromatic nitrogens is 4. The van der Waals surface area contributed by atoms with Crippen molar-refractivity contribution < 1.29 is 17.6 Å². The Morgan fingerprint density at radius 2 is 2.03 bits per heavy atom. The van der Waals surface area contributed by atoms with Crippen LogP contribution < -0.4 is 4.90 Å². The fourth-order valence-electron chi connectivity index (χ4n) is 3.94. The van der Waals surface area contributed by atoms with Gasteiger partial charge in [0.1, 0.15) is 23.1 Å². The van der Waals surface area contributed by atoms with Crippen LogP contribution in [0, 0.1) is 0 Å². The van der Waals surface area contributed by atoms with Crippen LogP contribution in [-0.2, 0) is 21.7 Å². The molecule has 0 aliphatic carbocycles. The number of aryl methyl sites for hydroxylation is 1. The third-order valence-corrected chi connectivity index (χ3v) is 7.64. The number of carbonyl (C=O) groups is 1. The minimum Gasteiger partial charge on any atom is -0.423 e. The highest BCUT2D eigenvalue weighted by atomic mass is 32.2. The zero-order valence-corrected chi connectivity index (χ0v) is 16.6. The Morgan fingerprint density at radius 3 is 2.76 bits per heavy atom. The maximum absolute atomic E-state index is 13.0. The number of para-hydroxylation sites is 2. The van der Waals surface area contributed by atoms with Crippen LogP contribution >= 0.6 is 0 Å². The lowest BCUT2D eigenvalue weighted by Crippen LogP contribution is -2.60. The van der Waals surface area contributed by atoms with E-state index in [4.69, 9.17) is 4.42 Å². The number of hydrogen-bond acceptors (Lipinski definition) is 8. The number of rotatable bonds is 4. The van der Waals surface area contributed by atoms with Crippen molar-refractivity contribution in [1.82, 2.24) is 24.6 Å². The van der Waals surface area contributed by atoms with E-state index in [0.717, 1.165) is 11.9 Å². The van der Waals surface area contributed by atoms with E-state index in [1.807, 2.05) is 29.2 Å². The second-order valence-electron chi connectivity index (χ2n) is 7.45. The zero-order chi connectivity index (χ0) is 20.2. The Morgan fingerprint density at radius 1 is 1.24 bits per heavy atom. The van der Waals surface area contributed by atoms with Gasteiger partial charge in [-0.3, -0.25) is 4.79 Å². The Bertz CT molecular complexity index is 1150. The highest BCUT2D eigenvalue weighted by molar-refractivity contribution is 7.92. The van der Waals surface area contributed by atoms with Crippen molar-refractivity contribution in [2.45, 2.75) is 29.3 Å². The lowest BCUT2D eigenvalue weighted by atomic mass is 10.1. The topological polar surface area (TPSA) is 114 Å². The average molecular weight is 416 g/mol. The van der Waals surface area contributed by atoms with E-state index < -0.39 is 15.1 Å². The summed E-state index contributed by atoms with van der Waals surface area (Å²) in [6.07, 6.45) is 2.89. The largest absolute Gasteiger partial charge is 0.423 e. The van der Waals surface area contributed by atoms with E-state index in [1.54, 1.807) is 11.9 Å². The second-order valence-corrected chi connectivity index (χ2v) is 9.57. The van der Waals surface area contributed by atoms with Crippen molar-refractivity contribution in [3.8, 4) is 0 Å². The number of hydrogen-bond donors (Lipinski definition) is 0. The lowest BCUT2D eigenvalue weighted by Gasteiger charge is -2.40. The molecule has 2 aliphatic rings. The number of sulfone groups is 1. The quantitative estimate of drug-likeness (QED) is 0.608. The molecule has 152 valence electrons. The summed E-state index contributed by atoms with van der Waals surface area (Å²) in [6, 6.07) is 7.52. The van der Waals surface area contributed by atoms with Crippen LogP contribution in [0.1, 0.15) is 12.8 Å². The molecule has 5 rings (SSSR count). The van der Waals surface area contributed by atoms with Gasteiger partial charge < -0.3 is 18.8 Å². The van der Waals surface area contributed by atoms with Gasteiger partial charge in [0.2, 0.25) is 20.9 Å². The number of likely N-dealkylation sites (tertiary alicyclic amines) is 1. The molecule has 0 saturated carbocycles. The van der Waals surface area contributed by atoms with Crippen LogP contribution in [-0.4, -0.2) is 69.9 Å². The summed E-state index contributed by atoms with van der Waals surface area (Å²) in [5, 5.41) is 6.61. The highest BCUT2D eigenvalue weighted by Crippen LogP contribution is 2.31. The van der Waals surface area contributed by atoms with E-state index in [9.17, 15) is 13.2 Å². The number of amides is 1. The number of nitrogens with zero attached hydrogens (tertiary/aromatic N) is 6. The van der Waals surface area contributed by atoms with Gasteiger partial charge in [0, 0.05) is 26.7 Å². The molecule has 0 radical (unpaired) electrons. The first-order valence-electron chi connectivity index (χ1n) is 9.44. The van der Waals surface area contributed by atoms with Crippen LogP contribution in [0.2, 0.25) is 0 Å². The molecule has 4 heterocycles.